The molecule has 170 valence electrons. The van der Waals surface area contributed by atoms with Gasteiger partial charge in [-0.2, -0.15) is 13.2 Å². The van der Waals surface area contributed by atoms with Crippen LogP contribution in [0.15, 0.2) is 30.2 Å². The van der Waals surface area contributed by atoms with Crippen LogP contribution in [0.5, 0.6) is 0 Å². The zero-order valence-electron chi connectivity index (χ0n) is 16.8. The average Bonchev–Trinajstić information content (AvgIpc) is 3.16. The Bertz CT molecular complexity index is 825. The van der Waals surface area contributed by atoms with Crippen LogP contribution in [0.3, 0.4) is 0 Å². The van der Waals surface area contributed by atoms with Crippen LogP contribution in [0.4, 0.5) is 19.0 Å². The second-order valence-corrected chi connectivity index (χ2v) is 8.56. The number of hydrogen-bond acceptors (Lipinski definition) is 8. The Kier molecular flexibility index (Phi) is 7.79. The van der Waals surface area contributed by atoms with Crippen molar-refractivity contribution in [2.24, 2.45) is 5.41 Å². The fraction of sp³-hybridized carbons (Fsp3) is 0.579. The molecule has 12 heteroatoms. The Morgan fingerprint density at radius 1 is 1.23 bits per heavy atom. The highest BCUT2D eigenvalue weighted by atomic mass is 32.1. The molecule has 31 heavy (non-hydrogen) atoms. The van der Waals surface area contributed by atoms with Gasteiger partial charge in [0.15, 0.2) is 0 Å². The number of aliphatic carboxylic acids is 1. The normalized spacial score (nSPS) is 22.5. The lowest BCUT2D eigenvalue weighted by Gasteiger charge is -2.43. The number of anilines is 1. The molecule has 0 aromatic carbocycles. The number of halogens is 3. The van der Waals surface area contributed by atoms with Crippen molar-refractivity contribution in [1.29, 1.82) is 0 Å². The van der Waals surface area contributed by atoms with E-state index in [1.54, 1.807) is 23.7 Å². The zero-order valence-corrected chi connectivity index (χ0v) is 17.6. The molecule has 2 saturated heterocycles. The number of nitrogens with zero attached hydrogens (tertiary/aromatic N) is 5. The maximum atomic E-state index is 10.6. The molecule has 2 aliphatic heterocycles. The Morgan fingerprint density at radius 2 is 2.03 bits per heavy atom. The number of carboxylic acid groups (broad SMARTS) is 1. The van der Waals surface area contributed by atoms with Crippen molar-refractivity contribution >= 4 is 23.1 Å². The third-order valence-electron chi connectivity index (χ3n) is 5.14. The summed E-state index contributed by atoms with van der Waals surface area (Å²) in [4.78, 5) is 26.9. The van der Waals surface area contributed by atoms with Gasteiger partial charge < -0.3 is 14.7 Å². The van der Waals surface area contributed by atoms with Crippen LogP contribution in [0, 0.1) is 5.41 Å². The molecule has 2 aliphatic rings. The molecule has 2 fully saturated rings. The molecule has 0 amide bonds. The fourth-order valence-corrected chi connectivity index (χ4v) is 4.51. The smallest absolute Gasteiger partial charge is 0.475 e. The van der Waals surface area contributed by atoms with Crippen LogP contribution < -0.4 is 4.90 Å². The third kappa shape index (κ3) is 6.84. The van der Waals surface area contributed by atoms with Crippen LogP contribution in [0.2, 0.25) is 0 Å². The number of likely N-dealkylation sites (tertiary alicyclic amines) is 1. The number of hydrogen-bond donors (Lipinski definition) is 1. The molecule has 2 aromatic heterocycles. The van der Waals surface area contributed by atoms with E-state index in [1.807, 2.05) is 12.4 Å². The van der Waals surface area contributed by atoms with Gasteiger partial charge in [-0.15, -0.1) is 11.3 Å². The topological polar surface area (TPSA) is 91.7 Å². The van der Waals surface area contributed by atoms with E-state index in [0.29, 0.717) is 0 Å². The molecule has 0 saturated carbocycles. The minimum atomic E-state index is -5.08. The van der Waals surface area contributed by atoms with Crippen molar-refractivity contribution in [2.75, 3.05) is 44.3 Å². The van der Waals surface area contributed by atoms with Gasteiger partial charge in [0.2, 0.25) is 0 Å². The summed E-state index contributed by atoms with van der Waals surface area (Å²) in [7, 11) is 0. The molecule has 0 aliphatic carbocycles. The van der Waals surface area contributed by atoms with Crippen molar-refractivity contribution in [3.8, 4) is 0 Å². The Balaban J connectivity index is 0.000000339. The molecule has 8 nitrogen and oxygen atoms in total. The van der Waals surface area contributed by atoms with Crippen LogP contribution in [-0.2, 0) is 16.1 Å². The number of thiazole rings is 1. The monoisotopic (exact) mass is 459 g/mol. The molecule has 1 N–H and O–H groups in total. The number of alkyl halides is 3. The number of piperidine rings is 1. The summed E-state index contributed by atoms with van der Waals surface area (Å²) in [6.07, 6.45) is 4.58. The van der Waals surface area contributed by atoms with Crippen LogP contribution in [0.1, 0.15) is 17.8 Å². The quantitative estimate of drug-likeness (QED) is 0.749. The van der Waals surface area contributed by atoms with Gasteiger partial charge in [-0.1, -0.05) is 0 Å². The maximum absolute atomic E-state index is 10.6. The molecule has 0 bridgehead atoms. The van der Waals surface area contributed by atoms with E-state index in [-0.39, 0.29) is 5.41 Å². The van der Waals surface area contributed by atoms with E-state index in [2.05, 4.69) is 30.1 Å². The SMILES string of the molecule is O=C(O)C(F)(F)F.c1cnc(N2CCOCC3(CCCN(Cc4nccs4)C3)C2)cn1. The predicted octanol–water partition coefficient (Wildman–Crippen LogP) is 2.69. The van der Waals surface area contributed by atoms with Crippen LogP contribution in [0.25, 0.3) is 0 Å². The van der Waals surface area contributed by atoms with Crippen molar-refractivity contribution in [1.82, 2.24) is 19.9 Å². The second kappa shape index (κ2) is 10.3. The van der Waals surface area contributed by atoms with E-state index in [0.717, 1.165) is 51.8 Å². The van der Waals surface area contributed by atoms with Crippen molar-refractivity contribution in [3.05, 3.63) is 35.2 Å². The summed E-state index contributed by atoms with van der Waals surface area (Å²) in [6.45, 7) is 6.61. The first-order valence-electron chi connectivity index (χ1n) is 9.77. The van der Waals surface area contributed by atoms with E-state index < -0.39 is 12.1 Å². The van der Waals surface area contributed by atoms with Gasteiger partial charge in [0.1, 0.15) is 10.8 Å². The van der Waals surface area contributed by atoms with Crippen LogP contribution in [-0.4, -0.2) is 76.5 Å². The summed E-state index contributed by atoms with van der Waals surface area (Å²) >= 11 is 1.74. The Morgan fingerprint density at radius 3 is 2.68 bits per heavy atom. The molecular formula is C19H24F3N5O3S. The van der Waals surface area contributed by atoms with E-state index in [9.17, 15) is 13.2 Å². The minimum absolute atomic E-state index is 0.170. The van der Waals surface area contributed by atoms with E-state index in [4.69, 9.17) is 14.6 Å². The standard InChI is InChI=1S/C17H23N5OS.C2HF3O2/c1-2-17(12-21(6-1)11-16-20-5-9-24-16)13-22(7-8-23-14-17)15-10-18-3-4-19-15;3-2(4,5)1(6)7/h3-5,9-10H,1-2,6-8,11-14H2;(H,6,7). The number of rotatable bonds is 3. The Labute approximate surface area is 181 Å². The van der Waals surface area contributed by atoms with Gasteiger partial charge in [0.05, 0.1) is 26.0 Å². The van der Waals surface area contributed by atoms with Gasteiger partial charge in [0.25, 0.3) is 0 Å². The number of aromatic nitrogens is 3. The first-order valence-corrected chi connectivity index (χ1v) is 10.6. The van der Waals surface area contributed by atoms with Crippen LogP contribution >= 0.6 is 11.3 Å². The summed E-state index contributed by atoms with van der Waals surface area (Å²) in [5.74, 6) is -1.80. The number of carbonyl (C=O) groups is 1. The summed E-state index contributed by atoms with van der Waals surface area (Å²) in [5, 5.41) is 10.4. The maximum Gasteiger partial charge on any atom is 0.490 e. The number of ether oxygens (including phenoxy) is 1. The predicted molar refractivity (Wildman–Crippen MR) is 108 cm³/mol. The highest BCUT2D eigenvalue weighted by molar-refractivity contribution is 7.09. The van der Waals surface area contributed by atoms with Gasteiger partial charge in [0, 0.05) is 49.0 Å². The highest BCUT2D eigenvalue weighted by Gasteiger charge is 2.39. The zero-order chi connectivity index (χ0) is 22.3. The fourth-order valence-electron chi connectivity index (χ4n) is 3.86. The molecular weight excluding hydrogens is 435 g/mol. The number of carboxylic acids is 1. The largest absolute Gasteiger partial charge is 0.490 e. The molecule has 4 heterocycles. The van der Waals surface area contributed by atoms with E-state index >= 15 is 0 Å². The molecule has 1 atom stereocenters. The van der Waals surface area contributed by atoms with Gasteiger partial charge in [-0.25, -0.2) is 14.8 Å². The van der Waals surface area contributed by atoms with E-state index in [1.165, 1.54) is 17.8 Å². The molecule has 1 unspecified atom stereocenters. The first-order chi connectivity index (χ1) is 14.8. The first kappa shape index (κ1) is 23.4. The minimum Gasteiger partial charge on any atom is -0.475 e. The molecule has 2 aromatic rings. The molecule has 0 radical (unpaired) electrons. The second-order valence-electron chi connectivity index (χ2n) is 7.58. The van der Waals surface area contributed by atoms with Crippen molar-refractivity contribution in [2.45, 2.75) is 25.6 Å². The van der Waals surface area contributed by atoms with Gasteiger partial charge in [-0.05, 0) is 19.4 Å². The lowest BCUT2D eigenvalue weighted by atomic mass is 9.80. The molecule has 1 spiro atoms. The van der Waals surface area contributed by atoms with Gasteiger partial charge in [-0.3, -0.25) is 9.88 Å². The molecule has 4 rings (SSSR count). The lowest BCUT2D eigenvalue weighted by molar-refractivity contribution is -0.192. The third-order valence-corrected chi connectivity index (χ3v) is 5.90. The van der Waals surface area contributed by atoms with Crippen molar-refractivity contribution < 1.29 is 27.8 Å². The average molecular weight is 459 g/mol. The summed E-state index contributed by atoms with van der Waals surface area (Å²) < 4.78 is 37.7. The Hall–Kier alpha value is -2.31. The lowest BCUT2D eigenvalue weighted by Crippen LogP contribution is -2.50. The summed E-state index contributed by atoms with van der Waals surface area (Å²) in [6, 6.07) is 0. The van der Waals surface area contributed by atoms with Gasteiger partial charge >= 0.3 is 12.1 Å². The highest BCUT2D eigenvalue weighted by Crippen LogP contribution is 2.34. The summed E-state index contributed by atoms with van der Waals surface area (Å²) in [5.41, 5.74) is 0.170. The van der Waals surface area contributed by atoms with Crippen molar-refractivity contribution in [3.63, 3.8) is 0 Å².